The number of amides is 2. The van der Waals surface area contributed by atoms with Crippen LogP contribution in [0.15, 0.2) is 30.3 Å². The Bertz CT molecular complexity index is 641. The molecule has 0 bridgehead atoms. The van der Waals surface area contributed by atoms with E-state index in [1.807, 2.05) is 18.2 Å². The highest BCUT2D eigenvalue weighted by atomic mass is 16.6. The Morgan fingerprint density at radius 2 is 1.88 bits per heavy atom. The lowest BCUT2D eigenvalue weighted by molar-refractivity contribution is -0.497. The fraction of sp³-hybridized carbons (Fsp3) is 0.556. The molecule has 0 unspecified atom stereocenters. The van der Waals surface area contributed by atoms with E-state index in [4.69, 9.17) is 0 Å². The van der Waals surface area contributed by atoms with Crippen LogP contribution in [0.5, 0.6) is 0 Å². The van der Waals surface area contributed by atoms with Crippen molar-refractivity contribution in [1.82, 2.24) is 10.2 Å². The summed E-state index contributed by atoms with van der Waals surface area (Å²) in [6, 6.07) is 9.57. The molecular weight excluding hydrogens is 322 g/mol. The van der Waals surface area contributed by atoms with Crippen molar-refractivity contribution in [3.63, 3.8) is 0 Å². The van der Waals surface area contributed by atoms with Crippen LogP contribution in [0.3, 0.4) is 0 Å². The number of carbonyl (C=O) groups excluding carboxylic acids is 2. The lowest BCUT2D eigenvalue weighted by Crippen LogP contribution is -2.44. The minimum absolute atomic E-state index is 0.0663. The first-order valence-electron chi connectivity index (χ1n) is 8.77. The van der Waals surface area contributed by atoms with Gasteiger partial charge in [0.1, 0.15) is 5.92 Å². The Morgan fingerprint density at radius 1 is 1.20 bits per heavy atom. The third kappa shape index (κ3) is 4.55. The highest BCUT2D eigenvalue weighted by Crippen LogP contribution is 2.32. The molecule has 1 aromatic rings. The summed E-state index contributed by atoms with van der Waals surface area (Å²) in [7, 11) is 0. The second-order valence-electron chi connectivity index (χ2n) is 6.93. The van der Waals surface area contributed by atoms with Gasteiger partial charge in [0.2, 0.25) is 17.9 Å². The van der Waals surface area contributed by atoms with Crippen LogP contribution >= 0.6 is 0 Å². The van der Waals surface area contributed by atoms with Crippen LogP contribution in [-0.2, 0) is 16.0 Å². The Kier molecular flexibility index (Phi) is 5.31. The van der Waals surface area contributed by atoms with Crippen molar-refractivity contribution in [2.75, 3.05) is 19.6 Å². The van der Waals surface area contributed by atoms with Gasteiger partial charge >= 0.3 is 0 Å². The number of likely N-dealkylation sites (tertiary alicyclic amines) is 1. The van der Waals surface area contributed by atoms with Gasteiger partial charge in [0.25, 0.3) is 0 Å². The summed E-state index contributed by atoms with van der Waals surface area (Å²) in [4.78, 5) is 35.9. The monoisotopic (exact) mass is 345 g/mol. The van der Waals surface area contributed by atoms with E-state index in [1.54, 1.807) is 4.90 Å². The van der Waals surface area contributed by atoms with Gasteiger partial charge in [-0.05, 0) is 30.7 Å². The molecule has 1 aliphatic carbocycles. The molecule has 7 nitrogen and oxygen atoms in total. The van der Waals surface area contributed by atoms with Crippen LogP contribution in [0.2, 0.25) is 0 Å². The highest BCUT2D eigenvalue weighted by Gasteiger charge is 2.53. The second kappa shape index (κ2) is 7.63. The zero-order valence-corrected chi connectivity index (χ0v) is 14.1. The van der Waals surface area contributed by atoms with E-state index in [1.165, 1.54) is 5.56 Å². The fourth-order valence-electron chi connectivity index (χ4n) is 3.44. The van der Waals surface area contributed by atoms with Gasteiger partial charge in [0, 0.05) is 24.4 Å². The number of nitrogens with one attached hydrogen (secondary N) is 1. The smallest absolute Gasteiger partial charge is 0.241 e. The first-order valence-corrected chi connectivity index (χ1v) is 8.77. The van der Waals surface area contributed by atoms with E-state index in [0.29, 0.717) is 19.0 Å². The molecule has 1 aliphatic heterocycles. The van der Waals surface area contributed by atoms with Crippen molar-refractivity contribution in [2.24, 2.45) is 11.8 Å². The van der Waals surface area contributed by atoms with Gasteiger partial charge < -0.3 is 10.2 Å². The Morgan fingerprint density at radius 3 is 2.48 bits per heavy atom. The molecule has 1 aromatic carbocycles. The molecule has 2 amide bonds. The summed E-state index contributed by atoms with van der Waals surface area (Å²) in [6.45, 7) is 1.34. The SMILES string of the molecule is O=C(NCC(=O)N1CCC(Cc2ccccc2)CC1)[C@@H]1C[C@H]1[N+](=O)[O-]. The van der Waals surface area contributed by atoms with Crippen LogP contribution in [0.4, 0.5) is 0 Å². The van der Waals surface area contributed by atoms with Crippen molar-refractivity contribution in [3.05, 3.63) is 46.0 Å². The predicted octanol–water partition coefficient (Wildman–Crippen LogP) is 1.25. The molecule has 25 heavy (non-hydrogen) atoms. The van der Waals surface area contributed by atoms with Gasteiger partial charge in [-0.2, -0.15) is 0 Å². The first-order chi connectivity index (χ1) is 12.0. The van der Waals surface area contributed by atoms with Crippen molar-refractivity contribution >= 4 is 11.8 Å². The van der Waals surface area contributed by atoms with Crippen LogP contribution in [0.1, 0.15) is 24.8 Å². The lowest BCUT2D eigenvalue weighted by atomic mass is 9.90. The molecule has 134 valence electrons. The molecule has 2 aliphatic rings. The van der Waals surface area contributed by atoms with Crippen LogP contribution in [0.25, 0.3) is 0 Å². The molecule has 2 fully saturated rings. The number of carbonyl (C=O) groups is 2. The number of hydrogen-bond donors (Lipinski definition) is 1. The van der Waals surface area contributed by atoms with E-state index >= 15 is 0 Å². The van der Waals surface area contributed by atoms with Gasteiger partial charge in [0.15, 0.2) is 0 Å². The number of nitrogens with zero attached hydrogens (tertiary/aromatic N) is 2. The maximum atomic E-state index is 12.2. The molecule has 7 heteroatoms. The maximum absolute atomic E-state index is 12.2. The van der Waals surface area contributed by atoms with Crippen LogP contribution in [-0.4, -0.2) is 47.3 Å². The Labute approximate surface area is 146 Å². The van der Waals surface area contributed by atoms with Crippen molar-refractivity contribution in [1.29, 1.82) is 0 Å². The summed E-state index contributed by atoms with van der Waals surface area (Å²) < 4.78 is 0. The summed E-state index contributed by atoms with van der Waals surface area (Å²) in [6.07, 6.45) is 3.22. The molecule has 0 spiro atoms. The van der Waals surface area contributed by atoms with E-state index in [9.17, 15) is 19.7 Å². The number of hydrogen-bond acceptors (Lipinski definition) is 4. The molecule has 1 N–H and O–H groups in total. The van der Waals surface area contributed by atoms with Crippen molar-refractivity contribution in [3.8, 4) is 0 Å². The molecule has 1 heterocycles. The minimum Gasteiger partial charge on any atom is -0.347 e. The molecule has 3 rings (SSSR count). The van der Waals surface area contributed by atoms with Crippen molar-refractivity contribution in [2.45, 2.75) is 31.7 Å². The van der Waals surface area contributed by atoms with Crippen LogP contribution < -0.4 is 5.32 Å². The van der Waals surface area contributed by atoms with E-state index in [0.717, 1.165) is 19.3 Å². The molecule has 0 aromatic heterocycles. The molecule has 0 radical (unpaired) electrons. The topological polar surface area (TPSA) is 92.6 Å². The average molecular weight is 345 g/mol. The second-order valence-corrected chi connectivity index (χ2v) is 6.93. The number of piperidine rings is 1. The summed E-state index contributed by atoms with van der Waals surface area (Å²) in [5.74, 6) is -0.480. The third-order valence-electron chi connectivity index (χ3n) is 5.11. The number of benzene rings is 1. The van der Waals surface area contributed by atoms with Gasteiger partial charge in [-0.1, -0.05) is 30.3 Å². The van der Waals surface area contributed by atoms with Crippen LogP contribution in [0, 0.1) is 22.0 Å². The van der Waals surface area contributed by atoms with E-state index < -0.39 is 16.9 Å². The third-order valence-corrected chi connectivity index (χ3v) is 5.11. The van der Waals surface area contributed by atoms with Crippen molar-refractivity contribution < 1.29 is 14.5 Å². The Hall–Kier alpha value is -2.44. The largest absolute Gasteiger partial charge is 0.347 e. The maximum Gasteiger partial charge on any atom is 0.241 e. The van der Waals surface area contributed by atoms with Gasteiger partial charge in [-0.25, -0.2) is 0 Å². The highest BCUT2D eigenvalue weighted by molar-refractivity contribution is 5.87. The average Bonchev–Trinajstić information content (AvgIpc) is 3.42. The van der Waals surface area contributed by atoms with E-state index in [-0.39, 0.29) is 24.8 Å². The predicted molar refractivity (Wildman–Crippen MR) is 91.3 cm³/mol. The summed E-state index contributed by atoms with van der Waals surface area (Å²) in [5.41, 5.74) is 1.32. The van der Waals surface area contributed by atoms with Gasteiger partial charge in [-0.3, -0.25) is 19.7 Å². The molecule has 1 saturated heterocycles. The number of nitro groups is 1. The quantitative estimate of drug-likeness (QED) is 0.620. The van der Waals surface area contributed by atoms with Gasteiger partial charge in [0.05, 0.1) is 6.54 Å². The van der Waals surface area contributed by atoms with Gasteiger partial charge in [-0.15, -0.1) is 0 Å². The summed E-state index contributed by atoms with van der Waals surface area (Å²) >= 11 is 0. The normalized spacial score (nSPS) is 23.1. The summed E-state index contributed by atoms with van der Waals surface area (Å²) in [5, 5.41) is 13.1. The molecular formula is C18H23N3O4. The first kappa shape index (κ1) is 17.4. The minimum atomic E-state index is -0.774. The molecule has 1 saturated carbocycles. The number of rotatable bonds is 6. The lowest BCUT2D eigenvalue weighted by Gasteiger charge is -2.32. The zero-order chi connectivity index (χ0) is 17.8. The standard InChI is InChI=1S/C18H23N3O4/c22-17(12-19-18(23)15-11-16(15)21(24)25)20-8-6-14(7-9-20)10-13-4-2-1-3-5-13/h1-5,14-16H,6-12H2,(H,19,23)/t15-,16-/m1/s1. The van der Waals surface area contributed by atoms with E-state index in [2.05, 4.69) is 17.4 Å². The zero-order valence-electron chi connectivity index (χ0n) is 14.1. The molecule has 2 atom stereocenters. The fourth-order valence-corrected chi connectivity index (χ4v) is 3.44. The Balaban J connectivity index is 1.37.